The lowest BCUT2D eigenvalue weighted by Gasteiger charge is -1.92. The molecule has 0 radical (unpaired) electrons. The van der Waals surface area contributed by atoms with Gasteiger partial charge in [-0.1, -0.05) is 6.92 Å². The van der Waals surface area contributed by atoms with Gasteiger partial charge in [-0.05, 0) is 6.42 Å². The maximum absolute atomic E-state index is 5.29. The van der Waals surface area contributed by atoms with Crippen LogP contribution in [0, 0.1) is 0 Å². The number of nitrogens with two attached hydrogens (primary N) is 1. The largest absolute Gasteiger partial charge is 0.369 e. The van der Waals surface area contributed by atoms with Gasteiger partial charge in [-0.25, -0.2) is 0 Å². The molecule has 0 rings (SSSR count). The molecule has 0 aliphatic carbocycles. The van der Waals surface area contributed by atoms with Gasteiger partial charge in [0.05, 0.1) is 22.9 Å². The summed E-state index contributed by atoms with van der Waals surface area (Å²) in [6, 6.07) is 0. The molecule has 0 saturated heterocycles. The molecule has 0 bridgehead atoms. The smallest absolute Gasteiger partial charge is 0.197 e. The Morgan fingerprint density at radius 2 is 2.50 bits per heavy atom. The van der Waals surface area contributed by atoms with E-state index in [1.54, 1.807) is 0 Å². The molecule has 0 aromatic rings. The minimum atomic E-state index is 0.507. The van der Waals surface area contributed by atoms with E-state index in [1.165, 1.54) is 0 Å². The van der Waals surface area contributed by atoms with Crippen molar-refractivity contribution in [3.63, 3.8) is 0 Å². The fraction of sp³-hybridized carbons (Fsp3) is 0.750. The molecule has 4 heteroatoms. The molecule has 0 amide bonds. The van der Waals surface area contributed by atoms with Gasteiger partial charge in [0.15, 0.2) is 5.96 Å². The highest BCUT2D eigenvalue weighted by Gasteiger charge is 1.80. The molecule has 0 spiro atoms. The Labute approximate surface area is 63.2 Å². The number of nitrogens with one attached hydrogen (secondary N) is 1. The Hall–Kier alpha value is 0. The molecule has 0 aromatic heterocycles. The van der Waals surface area contributed by atoms with E-state index >= 15 is 0 Å². The first kappa shape index (κ1) is 8.00. The number of nitrogens with zero attached hydrogens (tertiary/aromatic N) is 1. The lowest BCUT2D eigenvalue weighted by atomic mass is 10.5. The van der Waals surface area contributed by atoms with E-state index < -0.39 is 0 Å². The van der Waals surface area contributed by atoms with Crippen molar-refractivity contribution in [2.24, 2.45) is 10.7 Å². The van der Waals surface area contributed by atoms with Crippen LogP contribution in [-0.4, -0.2) is 12.5 Å². The molecule has 0 aliphatic rings. The Balaban J connectivity index is 3.26. The standard InChI is InChI=1S/C4H10IN3/c1-2-3-7-4(6)8-5/h2-3H2,1H3,(H3,6,7,8). The van der Waals surface area contributed by atoms with Gasteiger partial charge in [0.1, 0.15) is 0 Å². The van der Waals surface area contributed by atoms with Crippen molar-refractivity contribution in [3.05, 3.63) is 0 Å². The summed E-state index contributed by atoms with van der Waals surface area (Å²) in [4.78, 5) is 3.94. The van der Waals surface area contributed by atoms with Gasteiger partial charge < -0.3 is 5.73 Å². The van der Waals surface area contributed by atoms with Crippen LogP contribution < -0.4 is 9.26 Å². The summed E-state index contributed by atoms with van der Waals surface area (Å²) in [6.07, 6.45) is 1.04. The van der Waals surface area contributed by atoms with E-state index in [9.17, 15) is 0 Å². The van der Waals surface area contributed by atoms with E-state index in [-0.39, 0.29) is 0 Å². The zero-order valence-corrected chi connectivity index (χ0v) is 6.97. The summed E-state index contributed by atoms with van der Waals surface area (Å²) in [6.45, 7) is 2.87. The van der Waals surface area contributed by atoms with E-state index in [2.05, 4.69) is 15.4 Å². The van der Waals surface area contributed by atoms with Crippen molar-refractivity contribution >= 4 is 28.8 Å². The lowest BCUT2D eigenvalue weighted by molar-refractivity contribution is 0.926. The molecule has 0 atom stereocenters. The zero-order chi connectivity index (χ0) is 6.41. The zero-order valence-electron chi connectivity index (χ0n) is 4.82. The van der Waals surface area contributed by atoms with Crippen LogP contribution in [0.1, 0.15) is 13.3 Å². The van der Waals surface area contributed by atoms with E-state index in [4.69, 9.17) is 5.73 Å². The normalized spacial score (nSPS) is 11.5. The second-order valence-electron chi connectivity index (χ2n) is 1.36. The molecule has 48 valence electrons. The average Bonchev–Trinajstić information content (AvgIpc) is 1.83. The predicted molar refractivity (Wildman–Crippen MR) is 43.9 cm³/mol. The lowest BCUT2D eigenvalue weighted by Crippen LogP contribution is -2.23. The SMILES string of the molecule is CCCN=C(N)NI. The molecule has 0 aromatic carbocycles. The van der Waals surface area contributed by atoms with E-state index in [0.717, 1.165) is 13.0 Å². The van der Waals surface area contributed by atoms with Crippen LogP contribution in [0.4, 0.5) is 0 Å². The molecule has 0 saturated carbocycles. The molecule has 0 unspecified atom stereocenters. The predicted octanol–water partition coefficient (Wildman–Crippen LogP) is 0.651. The molecule has 0 fully saturated rings. The fourth-order valence-corrected chi connectivity index (χ4v) is 0.433. The molecular weight excluding hydrogens is 217 g/mol. The Morgan fingerprint density at radius 1 is 1.88 bits per heavy atom. The third kappa shape index (κ3) is 4.17. The molecular formula is C4H10IN3. The quantitative estimate of drug-likeness (QED) is 0.315. The summed E-state index contributed by atoms with van der Waals surface area (Å²) in [5.74, 6) is 0.507. The van der Waals surface area contributed by atoms with Crippen LogP contribution in [0.5, 0.6) is 0 Å². The third-order valence-corrected chi connectivity index (χ3v) is 1.16. The third-order valence-electron chi connectivity index (χ3n) is 0.603. The van der Waals surface area contributed by atoms with Gasteiger partial charge in [-0.3, -0.25) is 8.52 Å². The minimum Gasteiger partial charge on any atom is -0.369 e. The summed E-state index contributed by atoms with van der Waals surface area (Å²) in [5, 5.41) is 0. The molecule has 3 nitrogen and oxygen atoms in total. The van der Waals surface area contributed by atoms with Crippen LogP contribution >= 0.6 is 22.9 Å². The second-order valence-corrected chi connectivity index (χ2v) is 1.90. The molecule has 0 heterocycles. The van der Waals surface area contributed by atoms with Gasteiger partial charge in [0, 0.05) is 6.54 Å². The summed E-state index contributed by atoms with van der Waals surface area (Å²) >= 11 is 1.95. The van der Waals surface area contributed by atoms with Crippen LogP contribution in [0.15, 0.2) is 4.99 Å². The highest BCUT2D eigenvalue weighted by Crippen LogP contribution is 1.77. The number of rotatable bonds is 2. The van der Waals surface area contributed by atoms with Crippen molar-refractivity contribution < 1.29 is 0 Å². The van der Waals surface area contributed by atoms with E-state index in [0.29, 0.717) is 5.96 Å². The number of guanidine groups is 1. The second kappa shape index (κ2) is 5.14. The number of hydrogen-bond acceptors (Lipinski definition) is 1. The number of halogens is 1. The fourth-order valence-electron chi connectivity index (χ4n) is 0.262. The van der Waals surface area contributed by atoms with Gasteiger partial charge in [0.2, 0.25) is 0 Å². The summed E-state index contributed by atoms with van der Waals surface area (Å²) < 4.78 is 2.70. The van der Waals surface area contributed by atoms with Gasteiger partial charge in [0.25, 0.3) is 0 Å². The average molecular weight is 227 g/mol. The van der Waals surface area contributed by atoms with Crippen molar-refractivity contribution in [1.29, 1.82) is 0 Å². The molecule has 8 heavy (non-hydrogen) atoms. The number of hydrogen-bond donors (Lipinski definition) is 2. The highest BCUT2D eigenvalue weighted by molar-refractivity contribution is 14.1. The maximum atomic E-state index is 5.29. The first-order chi connectivity index (χ1) is 3.81. The van der Waals surface area contributed by atoms with Crippen molar-refractivity contribution in [2.45, 2.75) is 13.3 Å². The number of aliphatic imine (C=N–C) groups is 1. The van der Waals surface area contributed by atoms with Gasteiger partial charge in [-0.2, -0.15) is 0 Å². The maximum Gasteiger partial charge on any atom is 0.197 e. The van der Waals surface area contributed by atoms with Gasteiger partial charge in [-0.15, -0.1) is 0 Å². The Bertz CT molecular complexity index is 81.4. The Kier molecular flexibility index (Phi) is 5.14. The van der Waals surface area contributed by atoms with Crippen LogP contribution in [0.2, 0.25) is 0 Å². The summed E-state index contributed by atoms with van der Waals surface area (Å²) in [7, 11) is 0. The van der Waals surface area contributed by atoms with Crippen LogP contribution in [-0.2, 0) is 0 Å². The topological polar surface area (TPSA) is 50.4 Å². The minimum absolute atomic E-state index is 0.507. The van der Waals surface area contributed by atoms with Crippen molar-refractivity contribution in [2.75, 3.05) is 6.54 Å². The van der Waals surface area contributed by atoms with Crippen LogP contribution in [0.3, 0.4) is 0 Å². The van der Waals surface area contributed by atoms with Crippen molar-refractivity contribution in [1.82, 2.24) is 3.53 Å². The monoisotopic (exact) mass is 227 g/mol. The van der Waals surface area contributed by atoms with Crippen LogP contribution in [0.25, 0.3) is 0 Å². The first-order valence-corrected chi connectivity index (χ1v) is 3.55. The summed E-state index contributed by atoms with van der Waals surface area (Å²) in [5.41, 5.74) is 5.29. The van der Waals surface area contributed by atoms with Gasteiger partial charge >= 0.3 is 0 Å². The Morgan fingerprint density at radius 3 is 2.88 bits per heavy atom. The van der Waals surface area contributed by atoms with E-state index in [1.807, 2.05) is 22.9 Å². The van der Waals surface area contributed by atoms with Crippen molar-refractivity contribution in [3.8, 4) is 0 Å². The first-order valence-electron chi connectivity index (χ1n) is 2.47. The molecule has 0 aliphatic heterocycles. The highest BCUT2D eigenvalue weighted by atomic mass is 127. The molecule has 3 N–H and O–H groups in total.